The monoisotopic (exact) mass is 356 g/mol. The summed E-state index contributed by atoms with van der Waals surface area (Å²) in [5, 5.41) is 6.53. The summed E-state index contributed by atoms with van der Waals surface area (Å²) in [5.41, 5.74) is 0.950. The molecule has 1 aromatic heterocycles. The molecule has 0 saturated heterocycles. The lowest BCUT2D eigenvalue weighted by Gasteiger charge is -2.15. The van der Waals surface area contributed by atoms with Gasteiger partial charge in [-0.2, -0.15) is 0 Å². The van der Waals surface area contributed by atoms with Gasteiger partial charge in [-0.1, -0.05) is 13.0 Å². The van der Waals surface area contributed by atoms with Crippen molar-refractivity contribution in [2.75, 3.05) is 13.7 Å². The molecule has 2 N–H and O–H groups in total. The van der Waals surface area contributed by atoms with E-state index in [9.17, 15) is 0 Å². The number of aromatic nitrogens is 1. The Bertz CT molecular complexity index is 699. The van der Waals surface area contributed by atoms with Gasteiger partial charge in [0.2, 0.25) is 5.88 Å². The van der Waals surface area contributed by atoms with Crippen molar-refractivity contribution in [2.24, 2.45) is 4.99 Å². The average Bonchev–Trinajstić information content (AvgIpc) is 2.65. The highest BCUT2D eigenvalue weighted by molar-refractivity contribution is 5.79. The van der Waals surface area contributed by atoms with E-state index in [1.165, 1.54) is 0 Å². The maximum absolute atomic E-state index is 5.95. The lowest BCUT2D eigenvalue weighted by atomic mass is 10.2. The molecular weight excluding hydrogens is 328 g/mol. The predicted molar refractivity (Wildman–Crippen MR) is 105 cm³/mol. The molecule has 0 fully saturated rings. The summed E-state index contributed by atoms with van der Waals surface area (Å²) in [6.07, 6.45) is 2.70. The second-order valence-electron chi connectivity index (χ2n) is 6.11. The van der Waals surface area contributed by atoms with Gasteiger partial charge in [0.15, 0.2) is 5.96 Å². The van der Waals surface area contributed by atoms with Crippen molar-refractivity contribution < 1.29 is 9.47 Å². The van der Waals surface area contributed by atoms with Crippen LogP contribution in [0.5, 0.6) is 17.4 Å². The molecular formula is C20H28N4O2. The Morgan fingerprint density at radius 1 is 1.15 bits per heavy atom. The highest BCUT2D eigenvalue weighted by atomic mass is 16.5. The molecule has 0 aliphatic rings. The standard InChI is InChI=1S/C20H28N4O2/c1-5-13-25-17-8-10-18(11-9-17)26-19-16(7-6-12-22-19)14-23-20(21-4)24-15(2)3/h6-12,15H,5,13-14H2,1-4H3,(H2,21,23,24). The van der Waals surface area contributed by atoms with Crippen LogP contribution in [0, 0.1) is 0 Å². The summed E-state index contributed by atoms with van der Waals surface area (Å²) in [7, 11) is 1.75. The summed E-state index contributed by atoms with van der Waals surface area (Å²) < 4.78 is 11.5. The lowest BCUT2D eigenvalue weighted by molar-refractivity contribution is 0.317. The molecule has 0 saturated carbocycles. The largest absolute Gasteiger partial charge is 0.494 e. The number of guanidine groups is 1. The fraction of sp³-hybridized carbons (Fsp3) is 0.400. The zero-order chi connectivity index (χ0) is 18.8. The van der Waals surface area contributed by atoms with E-state index in [-0.39, 0.29) is 0 Å². The first-order valence-corrected chi connectivity index (χ1v) is 8.94. The first-order valence-electron chi connectivity index (χ1n) is 8.94. The van der Waals surface area contributed by atoms with E-state index in [1.54, 1.807) is 13.2 Å². The van der Waals surface area contributed by atoms with Gasteiger partial charge in [-0.3, -0.25) is 4.99 Å². The van der Waals surface area contributed by atoms with Crippen LogP contribution in [0.2, 0.25) is 0 Å². The van der Waals surface area contributed by atoms with Crippen molar-refractivity contribution in [1.29, 1.82) is 0 Å². The Kier molecular flexibility index (Phi) is 7.74. The summed E-state index contributed by atoms with van der Waals surface area (Å²) in [6.45, 7) is 7.49. The van der Waals surface area contributed by atoms with Gasteiger partial charge in [0.25, 0.3) is 0 Å². The minimum absolute atomic E-state index is 0.305. The smallest absolute Gasteiger partial charge is 0.224 e. The number of hydrogen-bond donors (Lipinski definition) is 2. The number of benzene rings is 1. The molecule has 1 heterocycles. The molecule has 6 nitrogen and oxygen atoms in total. The molecule has 140 valence electrons. The Labute approximate surface area is 155 Å². The zero-order valence-corrected chi connectivity index (χ0v) is 16.0. The van der Waals surface area contributed by atoms with Crippen LogP contribution in [-0.2, 0) is 6.54 Å². The number of ether oxygens (including phenoxy) is 2. The van der Waals surface area contributed by atoms with Crippen molar-refractivity contribution in [3.8, 4) is 17.4 Å². The van der Waals surface area contributed by atoms with Crippen molar-refractivity contribution in [3.63, 3.8) is 0 Å². The number of aliphatic imine (C=N–C) groups is 1. The SMILES string of the molecule is CCCOc1ccc(Oc2ncccc2CNC(=NC)NC(C)C)cc1. The number of nitrogens with one attached hydrogen (secondary N) is 2. The molecule has 1 aromatic carbocycles. The maximum atomic E-state index is 5.95. The third kappa shape index (κ3) is 6.27. The van der Waals surface area contributed by atoms with Crippen LogP contribution < -0.4 is 20.1 Å². The first kappa shape index (κ1) is 19.6. The quantitative estimate of drug-likeness (QED) is 0.557. The predicted octanol–water partition coefficient (Wildman–Crippen LogP) is 3.74. The number of rotatable bonds is 8. The summed E-state index contributed by atoms with van der Waals surface area (Å²) in [5.74, 6) is 2.87. The zero-order valence-electron chi connectivity index (χ0n) is 16.0. The molecule has 6 heteroatoms. The highest BCUT2D eigenvalue weighted by Crippen LogP contribution is 2.25. The van der Waals surface area contributed by atoms with Crippen LogP contribution in [0.4, 0.5) is 0 Å². The fourth-order valence-corrected chi connectivity index (χ4v) is 2.23. The fourth-order valence-electron chi connectivity index (χ4n) is 2.23. The topological polar surface area (TPSA) is 67.8 Å². The van der Waals surface area contributed by atoms with Gasteiger partial charge in [-0.15, -0.1) is 0 Å². The molecule has 26 heavy (non-hydrogen) atoms. The molecule has 0 amide bonds. The van der Waals surface area contributed by atoms with Gasteiger partial charge in [0, 0.05) is 31.4 Å². The van der Waals surface area contributed by atoms with Crippen molar-refractivity contribution in [2.45, 2.75) is 39.8 Å². The van der Waals surface area contributed by atoms with Gasteiger partial charge in [0.05, 0.1) is 6.61 Å². The first-order chi connectivity index (χ1) is 12.6. The van der Waals surface area contributed by atoms with E-state index in [0.29, 0.717) is 25.1 Å². The molecule has 2 aromatic rings. The van der Waals surface area contributed by atoms with Gasteiger partial charge in [0.1, 0.15) is 11.5 Å². The molecule has 2 rings (SSSR count). The molecule has 0 radical (unpaired) electrons. The van der Waals surface area contributed by atoms with E-state index in [4.69, 9.17) is 9.47 Å². The van der Waals surface area contributed by atoms with E-state index in [0.717, 1.165) is 29.4 Å². The van der Waals surface area contributed by atoms with Gasteiger partial charge in [-0.25, -0.2) is 4.98 Å². The van der Waals surface area contributed by atoms with Crippen LogP contribution in [0.3, 0.4) is 0 Å². The number of nitrogens with zero attached hydrogens (tertiary/aromatic N) is 2. The maximum Gasteiger partial charge on any atom is 0.224 e. The summed E-state index contributed by atoms with van der Waals surface area (Å²) in [4.78, 5) is 8.57. The number of hydrogen-bond acceptors (Lipinski definition) is 4. The van der Waals surface area contributed by atoms with Crippen LogP contribution in [0.25, 0.3) is 0 Å². The second kappa shape index (κ2) is 10.3. The minimum Gasteiger partial charge on any atom is -0.494 e. The average molecular weight is 356 g/mol. The van der Waals surface area contributed by atoms with Gasteiger partial charge in [-0.05, 0) is 50.6 Å². The lowest BCUT2D eigenvalue weighted by Crippen LogP contribution is -2.40. The van der Waals surface area contributed by atoms with Gasteiger partial charge < -0.3 is 20.1 Å². The third-order valence-electron chi connectivity index (χ3n) is 3.46. The van der Waals surface area contributed by atoms with Crippen molar-refractivity contribution in [1.82, 2.24) is 15.6 Å². The summed E-state index contributed by atoms with van der Waals surface area (Å²) in [6, 6.07) is 11.8. The molecule has 0 atom stereocenters. The Balaban J connectivity index is 2.02. The van der Waals surface area contributed by atoms with E-state index < -0.39 is 0 Å². The van der Waals surface area contributed by atoms with Crippen molar-refractivity contribution in [3.05, 3.63) is 48.2 Å². The number of pyridine rings is 1. The van der Waals surface area contributed by atoms with E-state index in [2.05, 4.69) is 41.4 Å². The van der Waals surface area contributed by atoms with Crippen LogP contribution in [-0.4, -0.2) is 30.6 Å². The highest BCUT2D eigenvalue weighted by Gasteiger charge is 2.08. The van der Waals surface area contributed by atoms with Crippen LogP contribution in [0.1, 0.15) is 32.8 Å². The van der Waals surface area contributed by atoms with Crippen LogP contribution >= 0.6 is 0 Å². The normalized spacial score (nSPS) is 11.3. The van der Waals surface area contributed by atoms with E-state index in [1.807, 2.05) is 36.4 Å². The summed E-state index contributed by atoms with van der Waals surface area (Å²) >= 11 is 0. The second-order valence-corrected chi connectivity index (χ2v) is 6.11. The Morgan fingerprint density at radius 3 is 2.54 bits per heavy atom. The molecule has 0 bridgehead atoms. The Hall–Kier alpha value is -2.76. The Morgan fingerprint density at radius 2 is 1.88 bits per heavy atom. The molecule has 0 unspecified atom stereocenters. The van der Waals surface area contributed by atoms with Crippen molar-refractivity contribution >= 4 is 5.96 Å². The molecule has 0 spiro atoms. The van der Waals surface area contributed by atoms with E-state index >= 15 is 0 Å². The molecule has 0 aliphatic heterocycles. The van der Waals surface area contributed by atoms with Gasteiger partial charge >= 0.3 is 0 Å². The molecule has 0 aliphatic carbocycles. The minimum atomic E-state index is 0.305. The third-order valence-corrected chi connectivity index (χ3v) is 3.46. The van der Waals surface area contributed by atoms with Crippen LogP contribution in [0.15, 0.2) is 47.6 Å².